The predicted molar refractivity (Wildman–Crippen MR) is 67.9 cm³/mol. The fourth-order valence-corrected chi connectivity index (χ4v) is 2.63. The van der Waals surface area contributed by atoms with Gasteiger partial charge in [-0.3, -0.25) is 14.3 Å². The van der Waals surface area contributed by atoms with Gasteiger partial charge in [-0.2, -0.15) is 0 Å². The van der Waals surface area contributed by atoms with E-state index in [1.807, 2.05) is 4.98 Å². The van der Waals surface area contributed by atoms with E-state index in [1.165, 1.54) is 0 Å². The number of hydrogen-bond donors (Lipinski definition) is 3. The second-order valence-corrected chi connectivity index (χ2v) is 5.09. The molecule has 0 spiro atoms. The number of H-pyrrole nitrogens is 1. The summed E-state index contributed by atoms with van der Waals surface area (Å²) in [5, 5.41) is 9.38. The van der Waals surface area contributed by atoms with Crippen LogP contribution >= 0.6 is 8.25 Å². The SMILES string of the molecule is CO[C@]1(CO)O[C@@H](n2ccc(=O)[nH]c2=O)C(F)C1O[P+](=O)O. The number of rotatable bonds is 5. The number of hydrogen-bond acceptors (Lipinski definition) is 7. The molecule has 0 amide bonds. The first-order chi connectivity index (χ1) is 10.3. The molecule has 1 saturated heterocycles. The lowest BCUT2D eigenvalue weighted by atomic mass is 10.1. The number of methoxy groups -OCH3 is 1. The molecule has 1 aliphatic rings. The van der Waals surface area contributed by atoms with Gasteiger partial charge < -0.3 is 14.6 Å². The van der Waals surface area contributed by atoms with E-state index in [4.69, 9.17) is 14.4 Å². The van der Waals surface area contributed by atoms with E-state index >= 15 is 0 Å². The Bertz CT molecular complexity index is 671. The smallest absolute Gasteiger partial charge is 0.391 e. The monoisotopic (exact) mass is 339 g/mol. The Morgan fingerprint density at radius 1 is 1.59 bits per heavy atom. The second kappa shape index (κ2) is 6.32. The van der Waals surface area contributed by atoms with Crippen molar-refractivity contribution in [3.63, 3.8) is 0 Å². The zero-order chi connectivity index (χ0) is 16.5. The summed E-state index contributed by atoms with van der Waals surface area (Å²) < 4.78 is 40.7. The third kappa shape index (κ3) is 2.86. The first kappa shape index (κ1) is 16.9. The summed E-state index contributed by atoms with van der Waals surface area (Å²) in [7, 11) is -2.14. The molecule has 1 aromatic heterocycles. The number of aliphatic hydroxyl groups excluding tert-OH is 1. The highest BCUT2D eigenvalue weighted by atomic mass is 31.1. The third-order valence-electron chi connectivity index (χ3n) is 3.21. The van der Waals surface area contributed by atoms with E-state index in [1.54, 1.807) is 0 Å². The van der Waals surface area contributed by atoms with Gasteiger partial charge in [0.2, 0.25) is 11.9 Å². The quantitative estimate of drug-likeness (QED) is 0.567. The number of halogens is 1. The first-order valence-corrected chi connectivity index (χ1v) is 7.10. The zero-order valence-electron chi connectivity index (χ0n) is 11.2. The maximum Gasteiger partial charge on any atom is 0.695 e. The lowest BCUT2D eigenvalue weighted by molar-refractivity contribution is -0.266. The molecule has 0 aromatic carbocycles. The molecule has 2 heterocycles. The van der Waals surface area contributed by atoms with Crippen molar-refractivity contribution in [2.75, 3.05) is 13.7 Å². The van der Waals surface area contributed by atoms with E-state index in [-0.39, 0.29) is 0 Å². The van der Waals surface area contributed by atoms with Crippen LogP contribution in [0.2, 0.25) is 0 Å². The van der Waals surface area contributed by atoms with Crippen molar-refractivity contribution in [2.24, 2.45) is 0 Å². The molecule has 22 heavy (non-hydrogen) atoms. The summed E-state index contributed by atoms with van der Waals surface area (Å²) in [6, 6.07) is 0.964. The van der Waals surface area contributed by atoms with Crippen LogP contribution in [-0.2, 0) is 18.6 Å². The topological polar surface area (TPSA) is 140 Å². The van der Waals surface area contributed by atoms with Crippen LogP contribution < -0.4 is 11.2 Å². The van der Waals surface area contributed by atoms with E-state index in [0.29, 0.717) is 4.57 Å². The molecular weight excluding hydrogens is 326 g/mol. The molecule has 3 unspecified atom stereocenters. The van der Waals surface area contributed by atoms with E-state index in [2.05, 4.69) is 4.52 Å². The molecule has 2 rings (SSSR count). The zero-order valence-corrected chi connectivity index (χ0v) is 12.1. The van der Waals surface area contributed by atoms with Gasteiger partial charge in [0, 0.05) is 23.9 Å². The molecule has 0 bridgehead atoms. The fourth-order valence-electron chi connectivity index (χ4n) is 2.16. The van der Waals surface area contributed by atoms with Crippen molar-refractivity contribution < 1.29 is 33.0 Å². The standard InChI is InChI=1S/C10H12FN2O8P/c1-19-10(4-14)7(21-22(17)18)6(11)8(20-10)13-3-2-5(15)12-9(13)16/h2-3,6-8,14H,4H2,1H3,(H-,12,15,16,17,18)/p+1/t6?,7?,8-,10-/m1/s1. The van der Waals surface area contributed by atoms with Crippen molar-refractivity contribution in [1.82, 2.24) is 9.55 Å². The fraction of sp³-hybridized carbons (Fsp3) is 0.600. The van der Waals surface area contributed by atoms with Crippen LogP contribution in [0, 0.1) is 0 Å². The Hall–Kier alpha value is -1.49. The molecule has 3 N–H and O–H groups in total. The molecule has 0 saturated carbocycles. The minimum absolute atomic E-state index is 0.693. The molecule has 10 nitrogen and oxygen atoms in total. The minimum Gasteiger partial charge on any atom is -0.391 e. The van der Waals surface area contributed by atoms with Crippen LogP contribution in [0.1, 0.15) is 6.23 Å². The Kier molecular flexibility index (Phi) is 4.85. The third-order valence-corrected chi connectivity index (χ3v) is 3.62. The Balaban J connectivity index is 2.45. The van der Waals surface area contributed by atoms with Crippen LogP contribution in [-0.4, -0.2) is 51.3 Å². The van der Waals surface area contributed by atoms with E-state index < -0.39 is 50.4 Å². The van der Waals surface area contributed by atoms with Gasteiger partial charge in [0.15, 0.2) is 12.4 Å². The number of ether oxygens (including phenoxy) is 2. The van der Waals surface area contributed by atoms with Crippen LogP contribution in [0.5, 0.6) is 0 Å². The van der Waals surface area contributed by atoms with Crippen molar-refractivity contribution in [3.8, 4) is 0 Å². The summed E-state index contributed by atoms with van der Waals surface area (Å²) >= 11 is 0. The Labute approximate surface area is 123 Å². The van der Waals surface area contributed by atoms with Gasteiger partial charge in [-0.1, -0.05) is 0 Å². The number of alkyl halides is 1. The minimum atomic E-state index is -3.22. The molecule has 1 fully saturated rings. The van der Waals surface area contributed by atoms with Gasteiger partial charge in [0.05, 0.1) is 0 Å². The lowest BCUT2D eigenvalue weighted by Gasteiger charge is -2.27. The van der Waals surface area contributed by atoms with Crippen molar-refractivity contribution in [1.29, 1.82) is 0 Å². The Morgan fingerprint density at radius 2 is 2.27 bits per heavy atom. The predicted octanol–water partition coefficient (Wildman–Crippen LogP) is -1.23. The molecule has 12 heteroatoms. The van der Waals surface area contributed by atoms with E-state index in [9.17, 15) is 23.7 Å². The van der Waals surface area contributed by atoms with Gasteiger partial charge >= 0.3 is 13.9 Å². The van der Waals surface area contributed by atoms with Crippen LogP contribution in [0.3, 0.4) is 0 Å². The lowest BCUT2D eigenvalue weighted by Crippen LogP contribution is -2.47. The molecule has 0 aliphatic carbocycles. The van der Waals surface area contributed by atoms with Crippen molar-refractivity contribution in [3.05, 3.63) is 33.1 Å². The summed E-state index contributed by atoms with van der Waals surface area (Å²) in [6.07, 6.45) is -4.53. The molecule has 5 atom stereocenters. The highest BCUT2D eigenvalue weighted by Gasteiger charge is 2.61. The number of nitrogens with one attached hydrogen (secondary N) is 1. The molecular formula is C10H13FN2O8P+. The van der Waals surface area contributed by atoms with Crippen molar-refractivity contribution >= 4 is 8.25 Å². The van der Waals surface area contributed by atoms with Gasteiger partial charge in [0.25, 0.3) is 5.56 Å². The summed E-state index contributed by atoms with van der Waals surface area (Å²) in [6.45, 7) is -0.896. The highest BCUT2D eigenvalue weighted by molar-refractivity contribution is 7.32. The average molecular weight is 339 g/mol. The van der Waals surface area contributed by atoms with Gasteiger partial charge in [0.1, 0.15) is 6.61 Å². The molecule has 0 radical (unpaired) electrons. The second-order valence-electron chi connectivity index (χ2n) is 4.41. The average Bonchev–Trinajstić information content (AvgIpc) is 2.73. The Morgan fingerprint density at radius 3 is 2.77 bits per heavy atom. The molecule has 1 aliphatic heterocycles. The number of aliphatic hydroxyl groups is 1. The van der Waals surface area contributed by atoms with Gasteiger partial charge in [-0.05, 0) is 0 Å². The van der Waals surface area contributed by atoms with Crippen molar-refractivity contribution in [2.45, 2.75) is 24.3 Å². The van der Waals surface area contributed by atoms with Gasteiger partial charge in [-0.25, -0.2) is 9.18 Å². The van der Waals surface area contributed by atoms with Crippen LogP contribution in [0.4, 0.5) is 4.39 Å². The summed E-state index contributed by atoms with van der Waals surface area (Å²) in [5.41, 5.74) is -1.65. The van der Waals surface area contributed by atoms with E-state index in [0.717, 1.165) is 19.4 Å². The normalized spacial score (nSPS) is 32.2. The van der Waals surface area contributed by atoms with Crippen LogP contribution in [0.15, 0.2) is 21.9 Å². The summed E-state index contributed by atoms with van der Waals surface area (Å²) in [4.78, 5) is 33.4. The summed E-state index contributed by atoms with van der Waals surface area (Å²) in [5.74, 6) is -2.08. The van der Waals surface area contributed by atoms with Gasteiger partial charge in [-0.15, -0.1) is 9.42 Å². The number of nitrogens with zero attached hydrogens (tertiary/aromatic N) is 1. The molecule has 122 valence electrons. The maximum absolute atomic E-state index is 14.5. The number of aromatic amines is 1. The largest absolute Gasteiger partial charge is 0.695 e. The van der Waals surface area contributed by atoms with Crippen LogP contribution in [0.25, 0.3) is 0 Å². The highest BCUT2D eigenvalue weighted by Crippen LogP contribution is 2.43. The number of aromatic nitrogens is 2. The first-order valence-electron chi connectivity index (χ1n) is 5.97. The maximum atomic E-state index is 14.5. The molecule has 1 aromatic rings.